The summed E-state index contributed by atoms with van der Waals surface area (Å²) >= 11 is 0. The topological polar surface area (TPSA) is 63.6 Å². The predicted molar refractivity (Wildman–Crippen MR) is 200 cm³/mol. The van der Waals surface area contributed by atoms with Crippen LogP contribution in [0, 0.1) is 0 Å². The molecule has 4 heteroatoms. The van der Waals surface area contributed by atoms with Crippen molar-refractivity contribution in [3.05, 3.63) is 24.3 Å². The number of hydrogen-bond acceptors (Lipinski definition) is 3. The minimum Gasteiger partial charge on any atom is -0.481 e. The molecule has 1 atom stereocenters. The Bertz CT molecular complexity index is 698. The smallest absolute Gasteiger partial charge is 0.307 e. The zero-order valence-corrected chi connectivity index (χ0v) is 30.9. The van der Waals surface area contributed by atoms with E-state index in [1.54, 1.807) is 0 Å². The molecule has 0 fully saturated rings. The van der Waals surface area contributed by atoms with Crippen LogP contribution in [-0.4, -0.2) is 23.1 Å². The van der Waals surface area contributed by atoms with Gasteiger partial charge in [0.15, 0.2) is 0 Å². The van der Waals surface area contributed by atoms with E-state index in [2.05, 4.69) is 38.2 Å². The molecular weight excluding hydrogens is 568 g/mol. The Labute approximate surface area is 287 Å². The second-order valence-electron chi connectivity index (χ2n) is 13.8. The van der Waals surface area contributed by atoms with Gasteiger partial charge in [-0.25, -0.2) is 0 Å². The summed E-state index contributed by atoms with van der Waals surface area (Å²) in [6, 6.07) is 0. The van der Waals surface area contributed by atoms with Crippen LogP contribution in [0.4, 0.5) is 0 Å². The molecule has 1 unspecified atom stereocenters. The van der Waals surface area contributed by atoms with E-state index in [0.29, 0.717) is 12.8 Å². The number of carbonyl (C=O) groups excluding carboxylic acids is 1. The molecule has 0 amide bonds. The Balaban J connectivity index is 3.63. The van der Waals surface area contributed by atoms with Gasteiger partial charge in [-0.05, 0) is 51.4 Å². The first-order valence-electron chi connectivity index (χ1n) is 20.3. The molecular formula is C42H78O4. The second kappa shape index (κ2) is 37.9. The number of unbranched alkanes of at least 4 members (excludes halogenated alkanes) is 26. The van der Waals surface area contributed by atoms with Crippen molar-refractivity contribution in [2.75, 3.05) is 0 Å². The number of hydrogen-bond donors (Lipinski definition) is 1. The zero-order valence-electron chi connectivity index (χ0n) is 30.9. The lowest BCUT2D eigenvalue weighted by atomic mass is 10.0. The third-order valence-corrected chi connectivity index (χ3v) is 9.16. The van der Waals surface area contributed by atoms with Gasteiger partial charge in [0.2, 0.25) is 0 Å². The lowest BCUT2D eigenvalue weighted by Crippen LogP contribution is -2.21. The van der Waals surface area contributed by atoms with Gasteiger partial charge in [-0.15, -0.1) is 0 Å². The molecule has 0 aromatic rings. The van der Waals surface area contributed by atoms with Crippen LogP contribution in [0.1, 0.15) is 226 Å². The molecule has 1 N–H and O–H groups in total. The standard InChI is InChI=1S/C42H78O4/c1-3-5-7-9-11-13-15-17-19-21-23-25-27-29-31-33-35-37-40(39-41(43)44)46-42(45)38-36-34-32-30-28-26-24-22-20-18-16-14-12-10-8-6-4-2/h12,14,18,20,40H,3-11,13,15-17,19,21-39H2,1-2H3,(H,43,44)/b14-12-,20-18-. The quantitative estimate of drug-likeness (QED) is 0.0414. The molecule has 0 aromatic heterocycles. The molecule has 0 aliphatic rings. The summed E-state index contributed by atoms with van der Waals surface area (Å²) in [4.78, 5) is 23.7. The highest BCUT2D eigenvalue weighted by Gasteiger charge is 2.17. The molecule has 0 aliphatic carbocycles. The number of aliphatic carboxylic acids is 1. The average molecular weight is 647 g/mol. The van der Waals surface area contributed by atoms with E-state index in [1.165, 1.54) is 154 Å². The fraction of sp³-hybridized carbons (Fsp3) is 0.857. The van der Waals surface area contributed by atoms with E-state index in [0.717, 1.165) is 38.5 Å². The van der Waals surface area contributed by atoms with Crippen molar-refractivity contribution in [2.24, 2.45) is 0 Å². The van der Waals surface area contributed by atoms with Gasteiger partial charge in [0.1, 0.15) is 6.10 Å². The van der Waals surface area contributed by atoms with Gasteiger partial charge in [-0.1, -0.05) is 186 Å². The van der Waals surface area contributed by atoms with Gasteiger partial charge in [-0.2, -0.15) is 0 Å². The first kappa shape index (κ1) is 44.4. The molecule has 0 spiro atoms. The molecule has 0 saturated heterocycles. The van der Waals surface area contributed by atoms with Crippen LogP contribution in [0.3, 0.4) is 0 Å². The summed E-state index contributed by atoms with van der Waals surface area (Å²) < 4.78 is 5.59. The number of carboxylic acids is 1. The van der Waals surface area contributed by atoms with Crippen molar-refractivity contribution in [3.63, 3.8) is 0 Å². The molecule has 0 aromatic carbocycles. The maximum absolute atomic E-state index is 12.4. The summed E-state index contributed by atoms with van der Waals surface area (Å²) in [6.45, 7) is 4.53. The molecule has 0 heterocycles. The molecule has 0 bridgehead atoms. The summed E-state index contributed by atoms with van der Waals surface area (Å²) in [5.41, 5.74) is 0. The van der Waals surface area contributed by atoms with Crippen LogP contribution in [0.15, 0.2) is 24.3 Å². The number of ether oxygens (including phenoxy) is 1. The van der Waals surface area contributed by atoms with Crippen LogP contribution < -0.4 is 0 Å². The van der Waals surface area contributed by atoms with Crippen molar-refractivity contribution in [1.82, 2.24) is 0 Å². The van der Waals surface area contributed by atoms with Crippen LogP contribution in [0.5, 0.6) is 0 Å². The first-order chi connectivity index (χ1) is 22.6. The Hall–Kier alpha value is -1.58. The van der Waals surface area contributed by atoms with Gasteiger partial charge in [0.05, 0.1) is 6.42 Å². The second-order valence-corrected chi connectivity index (χ2v) is 13.8. The van der Waals surface area contributed by atoms with E-state index < -0.39 is 12.1 Å². The van der Waals surface area contributed by atoms with Crippen molar-refractivity contribution < 1.29 is 19.4 Å². The van der Waals surface area contributed by atoms with Crippen LogP contribution in [0.2, 0.25) is 0 Å². The average Bonchev–Trinajstić information content (AvgIpc) is 3.03. The lowest BCUT2D eigenvalue weighted by Gasteiger charge is -2.16. The van der Waals surface area contributed by atoms with Crippen molar-refractivity contribution >= 4 is 11.9 Å². The van der Waals surface area contributed by atoms with E-state index in [-0.39, 0.29) is 12.4 Å². The minimum atomic E-state index is -0.880. The maximum Gasteiger partial charge on any atom is 0.307 e. The highest BCUT2D eigenvalue weighted by atomic mass is 16.5. The van der Waals surface area contributed by atoms with E-state index in [9.17, 15) is 14.7 Å². The fourth-order valence-corrected chi connectivity index (χ4v) is 6.17. The van der Waals surface area contributed by atoms with Crippen molar-refractivity contribution in [2.45, 2.75) is 232 Å². The SMILES string of the molecule is CCCCC/C=C\C/C=C\CCCCCCCCCC(=O)OC(CCCCCCCCCCCCCCCCCCC)CC(=O)O. The largest absolute Gasteiger partial charge is 0.481 e. The molecule has 0 aliphatic heterocycles. The Morgan fingerprint density at radius 2 is 0.870 bits per heavy atom. The summed E-state index contributed by atoms with van der Waals surface area (Å²) in [6.07, 6.45) is 47.7. The number of carboxylic acid groups (broad SMARTS) is 1. The number of carbonyl (C=O) groups is 2. The maximum atomic E-state index is 12.4. The number of rotatable bonds is 37. The zero-order chi connectivity index (χ0) is 33.6. The molecule has 270 valence electrons. The predicted octanol–water partition coefficient (Wildman–Crippen LogP) is 14.0. The van der Waals surface area contributed by atoms with Crippen LogP contribution >= 0.6 is 0 Å². The van der Waals surface area contributed by atoms with Gasteiger partial charge in [0.25, 0.3) is 0 Å². The lowest BCUT2D eigenvalue weighted by molar-refractivity contribution is -0.153. The Morgan fingerprint density at radius 1 is 0.500 bits per heavy atom. The number of esters is 1. The highest BCUT2D eigenvalue weighted by Crippen LogP contribution is 2.17. The third-order valence-electron chi connectivity index (χ3n) is 9.16. The molecule has 0 radical (unpaired) electrons. The molecule has 46 heavy (non-hydrogen) atoms. The third kappa shape index (κ3) is 36.9. The fourth-order valence-electron chi connectivity index (χ4n) is 6.17. The highest BCUT2D eigenvalue weighted by molar-refractivity contribution is 5.71. The normalized spacial score (nSPS) is 12.4. The van der Waals surface area contributed by atoms with E-state index in [1.807, 2.05) is 0 Å². The molecule has 4 nitrogen and oxygen atoms in total. The van der Waals surface area contributed by atoms with E-state index in [4.69, 9.17) is 4.74 Å². The van der Waals surface area contributed by atoms with Crippen LogP contribution in [-0.2, 0) is 14.3 Å². The van der Waals surface area contributed by atoms with Crippen LogP contribution in [0.25, 0.3) is 0 Å². The summed E-state index contributed by atoms with van der Waals surface area (Å²) in [7, 11) is 0. The number of allylic oxidation sites excluding steroid dienone is 4. The minimum absolute atomic E-state index is 0.0739. The Kier molecular flexibility index (Phi) is 36.6. The van der Waals surface area contributed by atoms with Gasteiger partial charge in [-0.3, -0.25) is 9.59 Å². The van der Waals surface area contributed by atoms with Crippen molar-refractivity contribution in [3.8, 4) is 0 Å². The Morgan fingerprint density at radius 3 is 1.33 bits per heavy atom. The molecule has 0 rings (SSSR count). The summed E-state index contributed by atoms with van der Waals surface area (Å²) in [5.74, 6) is -1.10. The van der Waals surface area contributed by atoms with Crippen molar-refractivity contribution in [1.29, 1.82) is 0 Å². The summed E-state index contributed by atoms with van der Waals surface area (Å²) in [5, 5.41) is 9.27. The van der Waals surface area contributed by atoms with Gasteiger partial charge < -0.3 is 9.84 Å². The van der Waals surface area contributed by atoms with Gasteiger partial charge in [0, 0.05) is 6.42 Å². The van der Waals surface area contributed by atoms with Gasteiger partial charge >= 0.3 is 11.9 Å². The molecule has 0 saturated carbocycles. The monoisotopic (exact) mass is 647 g/mol. The van der Waals surface area contributed by atoms with E-state index >= 15 is 0 Å². The first-order valence-corrected chi connectivity index (χ1v) is 20.3.